The highest BCUT2D eigenvalue weighted by molar-refractivity contribution is 5.78. The zero-order chi connectivity index (χ0) is 10.4. The van der Waals surface area contributed by atoms with E-state index in [1.54, 1.807) is 0 Å². The highest BCUT2D eigenvalue weighted by atomic mass is 16.6. The third kappa shape index (κ3) is 1.78. The van der Waals surface area contributed by atoms with Gasteiger partial charge in [0.2, 0.25) is 0 Å². The summed E-state index contributed by atoms with van der Waals surface area (Å²) in [4.78, 5) is 11.8. The van der Waals surface area contributed by atoms with E-state index in [0.29, 0.717) is 0 Å². The number of hydrogen-bond donors (Lipinski definition) is 1. The normalized spacial score (nSPS) is 29.2. The highest BCUT2D eigenvalue weighted by Crippen LogP contribution is 2.54. The van der Waals surface area contributed by atoms with Gasteiger partial charge in [0.05, 0.1) is 0 Å². The quantitative estimate of drug-likeness (QED) is 0.647. The molecule has 80 valence electrons. The van der Waals surface area contributed by atoms with E-state index in [1.165, 1.54) is 12.8 Å². The van der Waals surface area contributed by atoms with Crippen molar-refractivity contribution in [3.63, 3.8) is 0 Å². The van der Waals surface area contributed by atoms with E-state index in [4.69, 9.17) is 4.74 Å². The lowest BCUT2D eigenvalue weighted by Crippen LogP contribution is -2.41. The summed E-state index contributed by atoms with van der Waals surface area (Å²) in [6.07, 6.45) is 3.50. The summed E-state index contributed by atoms with van der Waals surface area (Å²) in [5.41, 5.74) is -0.0975. The zero-order valence-electron chi connectivity index (χ0n) is 9.22. The van der Waals surface area contributed by atoms with E-state index in [2.05, 4.69) is 5.32 Å². The Balaban J connectivity index is 1.98. The maximum atomic E-state index is 11.8. The second kappa shape index (κ2) is 2.96. The highest BCUT2D eigenvalue weighted by Gasteiger charge is 2.56. The second-order valence-electron chi connectivity index (χ2n) is 5.53. The van der Waals surface area contributed by atoms with Crippen molar-refractivity contribution in [2.75, 3.05) is 6.54 Å². The average molecular weight is 197 g/mol. The van der Waals surface area contributed by atoms with Crippen LogP contribution >= 0.6 is 0 Å². The third-order valence-electron chi connectivity index (χ3n) is 3.12. The molecular weight excluding hydrogens is 178 g/mol. The summed E-state index contributed by atoms with van der Waals surface area (Å²) in [6.45, 7) is 6.71. The summed E-state index contributed by atoms with van der Waals surface area (Å²) in [6, 6.07) is -0.0401. The van der Waals surface area contributed by atoms with Crippen molar-refractivity contribution in [3.8, 4) is 0 Å². The Morgan fingerprint density at radius 1 is 1.36 bits per heavy atom. The van der Waals surface area contributed by atoms with Crippen LogP contribution in [0, 0.1) is 5.41 Å². The first-order valence-electron chi connectivity index (χ1n) is 5.39. The Morgan fingerprint density at radius 3 is 2.50 bits per heavy atom. The van der Waals surface area contributed by atoms with Gasteiger partial charge in [0.1, 0.15) is 11.6 Å². The fourth-order valence-electron chi connectivity index (χ4n) is 2.22. The Kier molecular flexibility index (Phi) is 2.11. The molecule has 14 heavy (non-hydrogen) atoms. The molecule has 0 radical (unpaired) electrons. The minimum absolute atomic E-state index is 0.0401. The lowest BCUT2D eigenvalue weighted by Gasteiger charge is -2.24. The number of hydrogen-bond acceptors (Lipinski definition) is 3. The molecule has 2 aliphatic rings. The van der Waals surface area contributed by atoms with Gasteiger partial charge in [-0.05, 0) is 52.0 Å². The van der Waals surface area contributed by atoms with Gasteiger partial charge in [-0.2, -0.15) is 0 Å². The van der Waals surface area contributed by atoms with Crippen LogP contribution in [-0.2, 0) is 9.53 Å². The molecule has 2 rings (SSSR count). The van der Waals surface area contributed by atoms with Crippen LogP contribution in [0.25, 0.3) is 0 Å². The molecule has 1 saturated carbocycles. The predicted molar refractivity (Wildman–Crippen MR) is 53.9 cm³/mol. The molecule has 1 spiro atoms. The van der Waals surface area contributed by atoms with E-state index in [-0.39, 0.29) is 23.0 Å². The van der Waals surface area contributed by atoms with Crippen LogP contribution in [0.5, 0.6) is 0 Å². The van der Waals surface area contributed by atoms with Gasteiger partial charge in [-0.25, -0.2) is 0 Å². The summed E-state index contributed by atoms with van der Waals surface area (Å²) >= 11 is 0. The largest absolute Gasteiger partial charge is 0.459 e. The lowest BCUT2D eigenvalue weighted by atomic mass is 9.97. The van der Waals surface area contributed by atoms with Gasteiger partial charge in [0.15, 0.2) is 0 Å². The van der Waals surface area contributed by atoms with Gasteiger partial charge < -0.3 is 10.1 Å². The van der Waals surface area contributed by atoms with Gasteiger partial charge in [-0.15, -0.1) is 0 Å². The van der Waals surface area contributed by atoms with Crippen molar-refractivity contribution in [1.82, 2.24) is 5.32 Å². The number of carbonyl (C=O) groups excluding carboxylic acids is 1. The molecular formula is C11H19NO2. The van der Waals surface area contributed by atoms with Gasteiger partial charge in [-0.1, -0.05) is 0 Å². The third-order valence-corrected chi connectivity index (χ3v) is 3.12. The van der Waals surface area contributed by atoms with E-state index in [0.717, 1.165) is 13.0 Å². The molecule has 1 aliphatic carbocycles. The van der Waals surface area contributed by atoms with Crippen LogP contribution in [0.2, 0.25) is 0 Å². The molecule has 0 aromatic heterocycles. The number of nitrogens with one attached hydrogen (secondary N) is 1. The van der Waals surface area contributed by atoms with Crippen LogP contribution in [0.3, 0.4) is 0 Å². The molecule has 1 heterocycles. The lowest BCUT2D eigenvalue weighted by molar-refractivity contribution is -0.158. The fraction of sp³-hybridized carbons (Fsp3) is 0.909. The Bertz CT molecular complexity index is 251. The van der Waals surface area contributed by atoms with Crippen LogP contribution in [0.15, 0.2) is 0 Å². The number of carbonyl (C=O) groups is 1. The molecule has 2 fully saturated rings. The smallest absolute Gasteiger partial charge is 0.324 e. The molecule has 0 bridgehead atoms. The standard InChI is InChI=1S/C11H19NO2/c1-10(2,3)14-9(13)8-11(4-5-11)6-7-12-8/h8,12H,4-7H2,1-3H3. The number of esters is 1. The van der Waals surface area contributed by atoms with Crippen LogP contribution in [-0.4, -0.2) is 24.2 Å². The average Bonchev–Trinajstić information content (AvgIpc) is 2.58. The van der Waals surface area contributed by atoms with Crippen LogP contribution < -0.4 is 5.32 Å². The summed E-state index contributed by atoms with van der Waals surface area (Å²) in [5, 5.41) is 3.26. The van der Waals surface area contributed by atoms with Crippen LogP contribution in [0.4, 0.5) is 0 Å². The van der Waals surface area contributed by atoms with Gasteiger partial charge >= 0.3 is 5.97 Å². The van der Waals surface area contributed by atoms with Crippen molar-refractivity contribution in [2.24, 2.45) is 5.41 Å². The first kappa shape index (κ1) is 9.97. The molecule has 3 nitrogen and oxygen atoms in total. The van der Waals surface area contributed by atoms with E-state index >= 15 is 0 Å². The second-order valence-corrected chi connectivity index (χ2v) is 5.53. The molecule has 0 aromatic carbocycles. The molecule has 1 atom stereocenters. The predicted octanol–water partition coefficient (Wildman–Crippen LogP) is 1.47. The molecule has 1 N–H and O–H groups in total. The van der Waals surface area contributed by atoms with E-state index < -0.39 is 0 Å². The minimum Gasteiger partial charge on any atom is -0.459 e. The molecule has 1 aliphatic heterocycles. The van der Waals surface area contributed by atoms with E-state index in [9.17, 15) is 4.79 Å². The Hall–Kier alpha value is -0.570. The summed E-state index contributed by atoms with van der Waals surface area (Å²) in [7, 11) is 0. The number of ether oxygens (including phenoxy) is 1. The van der Waals surface area contributed by atoms with Crippen molar-refractivity contribution >= 4 is 5.97 Å². The summed E-state index contributed by atoms with van der Waals surface area (Å²) in [5.74, 6) is -0.0625. The maximum absolute atomic E-state index is 11.8. The monoisotopic (exact) mass is 197 g/mol. The topological polar surface area (TPSA) is 38.3 Å². The zero-order valence-corrected chi connectivity index (χ0v) is 9.22. The first-order chi connectivity index (χ1) is 6.43. The molecule has 1 unspecified atom stereocenters. The Labute approximate surface area is 85.2 Å². The van der Waals surface area contributed by atoms with E-state index in [1.807, 2.05) is 20.8 Å². The van der Waals surface area contributed by atoms with Gasteiger partial charge in [-0.3, -0.25) is 4.79 Å². The summed E-state index contributed by atoms with van der Waals surface area (Å²) < 4.78 is 5.40. The first-order valence-corrected chi connectivity index (χ1v) is 5.39. The van der Waals surface area contributed by atoms with Gasteiger partial charge in [0.25, 0.3) is 0 Å². The Morgan fingerprint density at radius 2 is 2.00 bits per heavy atom. The van der Waals surface area contributed by atoms with Crippen molar-refractivity contribution in [2.45, 2.75) is 51.7 Å². The van der Waals surface area contributed by atoms with Crippen molar-refractivity contribution in [1.29, 1.82) is 0 Å². The maximum Gasteiger partial charge on any atom is 0.324 e. The number of rotatable bonds is 1. The molecule has 1 saturated heterocycles. The van der Waals surface area contributed by atoms with Gasteiger partial charge in [0, 0.05) is 0 Å². The van der Waals surface area contributed by atoms with Crippen molar-refractivity contribution < 1.29 is 9.53 Å². The fourth-order valence-corrected chi connectivity index (χ4v) is 2.22. The molecule has 0 aromatic rings. The molecule has 0 amide bonds. The van der Waals surface area contributed by atoms with Crippen LogP contribution in [0.1, 0.15) is 40.0 Å². The molecule has 3 heteroatoms. The van der Waals surface area contributed by atoms with Crippen molar-refractivity contribution in [3.05, 3.63) is 0 Å². The minimum atomic E-state index is -0.364. The SMILES string of the molecule is CC(C)(C)OC(=O)C1NCCC12CC2.